The number of carbonyl (C=O) groups excluding carboxylic acids is 2. The number of aromatic nitrogens is 1. The summed E-state index contributed by atoms with van der Waals surface area (Å²) in [4.78, 5) is 36.8. The number of urea groups is 1. The number of nitrogens with one attached hydrogen (secondary N) is 1. The molecule has 0 unspecified atom stereocenters. The number of anilines is 1. The number of rotatable bonds is 8. The summed E-state index contributed by atoms with van der Waals surface area (Å²) in [5, 5.41) is 14.2. The van der Waals surface area contributed by atoms with Crippen molar-refractivity contribution in [3.63, 3.8) is 0 Å². The van der Waals surface area contributed by atoms with Crippen LogP contribution in [0.3, 0.4) is 0 Å². The Bertz CT molecular complexity index is 1100. The summed E-state index contributed by atoms with van der Waals surface area (Å²) >= 11 is 0. The number of β-amino-alcohol motifs (C(OH)–C–C–N with tert-alkyl or cyclic N) is 1. The van der Waals surface area contributed by atoms with E-state index < -0.39 is 6.10 Å². The largest absolute Gasteiger partial charge is 0.390 e. The van der Waals surface area contributed by atoms with E-state index in [1.807, 2.05) is 21.9 Å². The van der Waals surface area contributed by atoms with Crippen molar-refractivity contribution in [1.82, 2.24) is 24.6 Å². The van der Waals surface area contributed by atoms with Crippen molar-refractivity contribution in [1.29, 1.82) is 0 Å². The molecule has 9 heteroatoms. The van der Waals surface area contributed by atoms with Gasteiger partial charge in [0, 0.05) is 78.1 Å². The highest BCUT2D eigenvalue weighted by Crippen LogP contribution is 2.21. The highest BCUT2D eigenvalue weighted by Gasteiger charge is 2.30. The van der Waals surface area contributed by atoms with Crippen LogP contribution in [0.2, 0.25) is 0 Å². The summed E-state index contributed by atoms with van der Waals surface area (Å²) in [7, 11) is 0. The molecule has 2 aromatic rings. The van der Waals surface area contributed by atoms with Crippen LogP contribution in [0.15, 0.2) is 42.6 Å². The molecule has 1 aromatic carbocycles. The highest BCUT2D eigenvalue weighted by atomic mass is 16.3. The van der Waals surface area contributed by atoms with E-state index >= 15 is 0 Å². The summed E-state index contributed by atoms with van der Waals surface area (Å²) in [6, 6.07) is 12.7. The van der Waals surface area contributed by atoms with Gasteiger partial charge in [0.1, 0.15) is 5.82 Å². The molecular weight excluding hydrogens is 468 g/mol. The van der Waals surface area contributed by atoms with E-state index in [2.05, 4.69) is 39.5 Å². The smallest absolute Gasteiger partial charge is 0.320 e. The third kappa shape index (κ3) is 6.40. The van der Waals surface area contributed by atoms with Gasteiger partial charge >= 0.3 is 6.03 Å². The predicted molar refractivity (Wildman–Crippen MR) is 142 cm³/mol. The fourth-order valence-corrected chi connectivity index (χ4v) is 5.69. The van der Waals surface area contributed by atoms with Gasteiger partial charge in [0.2, 0.25) is 5.91 Å². The Morgan fingerprint density at radius 1 is 1.05 bits per heavy atom. The molecule has 2 N–H and O–H groups in total. The van der Waals surface area contributed by atoms with Gasteiger partial charge in [-0.1, -0.05) is 24.3 Å². The molecule has 9 nitrogen and oxygen atoms in total. The number of aliphatic hydroxyl groups excluding tert-OH is 1. The molecule has 0 saturated carbocycles. The van der Waals surface area contributed by atoms with E-state index in [0.717, 1.165) is 56.8 Å². The number of fused-ring (bicyclic) bond motifs is 1. The second-order valence-electron chi connectivity index (χ2n) is 10.5. The number of piperidine rings is 1. The molecule has 1 atom stereocenters. The summed E-state index contributed by atoms with van der Waals surface area (Å²) in [6.45, 7) is 7.66. The van der Waals surface area contributed by atoms with Gasteiger partial charge in [-0.15, -0.1) is 0 Å². The van der Waals surface area contributed by atoms with Gasteiger partial charge in [-0.3, -0.25) is 9.69 Å². The van der Waals surface area contributed by atoms with Gasteiger partial charge in [-0.25, -0.2) is 9.78 Å². The Hall–Kier alpha value is -3.17. The molecule has 2 fully saturated rings. The Labute approximate surface area is 219 Å². The lowest BCUT2D eigenvalue weighted by Gasteiger charge is -2.32. The number of pyridine rings is 1. The summed E-state index contributed by atoms with van der Waals surface area (Å²) in [5.74, 6) is 0.938. The number of hydrogen-bond acceptors (Lipinski definition) is 6. The Balaban J connectivity index is 1.09. The van der Waals surface area contributed by atoms with Crippen molar-refractivity contribution >= 4 is 17.8 Å². The zero-order valence-corrected chi connectivity index (χ0v) is 21.7. The Morgan fingerprint density at radius 2 is 1.81 bits per heavy atom. The maximum absolute atomic E-state index is 13.1. The fourth-order valence-electron chi connectivity index (χ4n) is 5.69. The van der Waals surface area contributed by atoms with Crippen molar-refractivity contribution < 1.29 is 14.7 Å². The normalized spacial score (nSPS) is 19.7. The zero-order valence-electron chi connectivity index (χ0n) is 21.7. The first-order valence-corrected chi connectivity index (χ1v) is 13.4. The van der Waals surface area contributed by atoms with Gasteiger partial charge < -0.3 is 25.1 Å². The van der Waals surface area contributed by atoms with Crippen molar-refractivity contribution in [2.24, 2.45) is 0 Å². The van der Waals surface area contributed by atoms with E-state index in [4.69, 9.17) is 0 Å². The first-order chi connectivity index (χ1) is 17.9. The minimum Gasteiger partial charge on any atom is -0.390 e. The average Bonchev–Trinajstić information content (AvgIpc) is 3.23. The van der Waals surface area contributed by atoms with Crippen LogP contribution in [0.25, 0.3) is 0 Å². The molecule has 2 saturated heterocycles. The quantitative estimate of drug-likeness (QED) is 0.570. The fraction of sp³-hybridized carbons (Fsp3) is 0.536. The van der Waals surface area contributed by atoms with Crippen LogP contribution in [-0.2, 0) is 24.3 Å². The van der Waals surface area contributed by atoms with Crippen LogP contribution in [0.4, 0.5) is 10.6 Å². The molecule has 0 bridgehead atoms. The lowest BCUT2D eigenvalue weighted by atomic mass is 10.00. The van der Waals surface area contributed by atoms with Crippen molar-refractivity contribution in [3.05, 3.63) is 59.3 Å². The number of hydrogen-bond donors (Lipinski definition) is 2. The van der Waals surface area contributed by atoms with Crippen LogP contribution in [-0.4, -0.2) is 99.6 Å². The lowest BCUT2D eigenvalue weighted by Crippen LogP contribution is -2.43. The van der Waals surface area contributed by atoms with E-state index in [0.29, 0.717) is 32.7 Å². The van der Waals surface area contributed by atoms with Crippen LogP contribution < -0.4 is 5.32 Å². The molecule has 0 radical (unpaired) electrons. The SMILES string of the molecule is CC(=O)N1CCC(Nc2cc(CN3CCN(C[C@H](O)CN4CCc5ccccc5C4)C3=O)ccn2)CC1. The van der Waals surface area contributed by atoms with Crippen LogP contribution in [0, 0.1) is 0 Å². The number of amides is 3. The van der Waals surface area contributed by atoms with E-state index in [1.54, 1.807) is 18.0 Å². The highest BCUT2D eigenvalue weighted by molar-refractivity contribution is 5.76. The molecule has 5 rings (SSSR count). The molecule has 3 aliphatic rings. The van der Waals surface area contributed by atoms with Crippen LogP contribution in [0.5, 0.6) is 0 Å². The van der Waals surface area contributed by atoms with E-state index in [-0.39, 0.29) is 18.0 Å². The Kier molecular flexibility index (Phi) is 7.90. The van der Waals surface area contributed by atoms with E-state index in [9.17, 15) is 14.7 Å². The van der Waals surface area contributed by atoms with Gasteiger partial charge in [-0.05, 0) is 48.1 Å². The third-order valence-electron chi connectivity index (χ3n) is 7.78. The average molecular weight is 507 g/mol. The maximum Gasteiger partial charge on any atom is 0.320 e. The minimum atomic E-state index is -0.569. The second kappa shape index (κ2) is 11.5. The number of benzene rings is 1. The monoisotopic (exact) mass is 506 g/mol. The zero-order chi connectivity index (χ0) is 25.8. The van der Waals surface area contributed by atoms with Gasteiger partial charge in [-0.2, -0.15) is 0 Å². The maximum atomic E-state index is 13.1. The van der Waals surface area contributed by atoms with Crippen molar-refractivity contribution in [2.45, 2.75) is 51.4 Å². The van der Waals surface area contributed by atoms with Gasteiger partial charge in [0.05, 0.1) is 6.10 Å². The summed E-state index contributed by atoms with van der Waals surface area (Å²) in [5.41, 5.74) is 3.75. The van der Waals surface area contributed by atoms with Gasteiger partial charge in [0.15, 0.2) is 0 Å². The molecule has 0 spiro atoms. The first kappa shape index (κ1) is 25.5. The number of likely N-dealkylation sites (tertiary alicyclic amines) is 1. The summed E-state index contributed by atoms with van der Waals surface area (Å²) < 4.78 is 0. The molecular formula is C28H38N6O3. The van der Waals surface area contributed by atoms with Crippen LogP contribution >= 0.6 is 0 Å². The first-order valence-electron chi connectivity index (χ1n) is 13.4. The molecule has 198 valence electrons. The van der Waals surface area contributed by atoms with Crippen molar-refractivity contribution in [2.75, 3.05) is 51.1 Å². The molecule has 4 heterocycles. The molecule has 1 aromatic heterocycles. The van der Waals surface area contributed by atoms with E-state index in [1.165, 1.54) is 11.1 Å². The number of carbonyl (C=O) groups is 2. The predicted octanol–water partition coefficient (Wildman–Crippen LogP) is 2.16. The minimum absolute atomic E-state index is 0.0223. The lowest BCUT2D eigenvalue weighted by molar-refractivity contribution is -0.129. The van der Waals surface area contributed by atoms with Crippen molar-refractivity contribution in [3.8, 4) is 0 Å². The molecule has 3 aliphatic heterocycles. The molecule has 0 aliphatic carbocycles. The summed E-state index contributed by atoms with van der Waals surface area (Å²) in [6.07, 6.45) is 4.01. The van der Waals surface area contributed by atoms with Crippen LogP contribution in [0.1, 0.15) is 36.5 Å². The third-order valence-corrected chi connectivity index (χ3v) is 7.78. The topological polar surface area (TPSA) is 92.3 Å². The number of nitrogens with zero attached hydrogens (tertiary/aromatic N) is 5. The number of aliphatic hydroxyl groups is 1. The molecule has 37 heavy (non-hydrogen) atoms. The molecule has 3 amide bonds. The standard InChI is InChI=1S/C28H38N6O3/c1-21(35)32-12-8-25(9-13-32)30-27-16-22(6-10-29-27)17-33-14-15-34(28(33)37)20-26(36)19-31-11-7-23-4-2-3-5-24(23)18-31/h2-6,10,16,25-26,36H,7-9,11-15,17-20H2,1H3,(H,29,30)/t26-/m1/s1. The Morgan fingerprint density at radius 3 is 2.59 bits per heavy atom. The van der Waals surface area contributed by atoms with Gasteiger partial charge in [0.25, 0.3) is 0 Å². The second-order valence-corrected chi connectivity index (χ2v) is 10.5.